The van der Waals surface area contributed by atoms with Gasteiger partial charge in [0.05, 0.1) is 12.2 Å². The highest BCUT2D eigenvalue weighted by atomic mass is 19.4. The molecule has 0 saturated heterocycles. The Morgan fingerprint density at radius 3 is 2.36 bits per heavy atom. The molecule has 0 aromatic heterocycles. The molecule has 0 heterocycles. The van der Waals surface area contributed by atoms with Gasteiger partial charge in [-0.25, -0.2) is 0 Å². The van der Waals surface area contributed by atoms with E-state index >= 15 is 0 Å². The van der Waals surface area contributed by atoms with Gasteiger partial charge in [-0.15, -0.1) is 0 Å². The van der Waals surface area contributed by atoms with Gasteiger partial charge < -0.3 is 10.5 Å². The Morgan fingerprint density at radius 1 is 1.50 bits per heavy atom. The highest BCUT2D eigenvalue weighted by Gasteiger charge is 2.30. The molecule has 0 aliphatic heterocycles. The molecule has 0 aromatic rings. The van der Waals surface area contributed by atoms with Crippen LogP contribution in [0.5, 0.6) is 0 Å². The van der Waals surface area contributed by atoms with Gasteiger partial charge in [0.25, 0.3) is 0 Å². The van der Waals surface area contributed by atoms with Crippen LogP contribution in [-0.4, -0.2) is 24.4 Å². The molecule has 0 fully saturated rings. The fourth-order valence-electron chi connectivity index (χ4n) is 0.938. The lowest BCUT2D eigenvalue weighted by Gasteiger charge is -2.21. The van der Waals surface area contributed by atoms with Crippen LogP contribution in [0.2, 0.25) is 0 Å². The third-order valence-electron chi connectivity index (χ3n) is 1.50. The molecular weight excluding hydrogens is 197 g/mol. The molecule has 0 bridgehead atoms. The SMILES string of the molecule is CC(CC(C)(N)C#N)OCC(F)(F)F. The van der Waals surface area contributed by atoms with Crippen molar-refractivity contribution < 1.29 is 17.9 Å². The first-order valence-electron chi connectivity index (χ1n) is 4.05. The molecule has 0 radical (unpaired) electrons. The van der Waals surface area contributed by atoms with Crippen LogP contribution in [0.15, 0.2) is 0 Å². The molecule has 0 spiro atoms. The first kappa shape index (κ1) is 13.2. The summed E-state index contributed by atoms with van der Waals surface area (Å²) in [5.74, 6) is 0. The highest BCUT2D eigenvalue weighted by Crippen LogP contribution is 2.17. The van der Waals surface area contributed by atoms with Gasteiger partial charge in [-0.2, -0.15) is 18.4 Å². The lowest BCUT2D eigenvalue weighted by Crippen LogP contribution is -2.38. The van der Waals surface area contributed by atoms with Crippen LogP contribution in [-0.2, 0) is 4.74 Å². The van der Waals surface area contributed by atoms with E-state index in [0.717, 1.165) is 0 Å². The maximum Gasteiger partial charge on any atom is 0.411 e. The molecule has 0 aliphatic rings. The van der Waals surface area contributed by atoms with Crippen molar-refractivity contribution in [3.05, 3.63) is 0 Å². The van der Waals surface area contributed by atoms with Crippen molar-refractivity contribution in [1.82, 2.24) is 0 Å². The van der Waals surface area contributed by atoms with Crippen LogP contribution in [0.3, 0.4) is 0 Å². The van der Waals surface area contributed by atoms with Crippen LogP contribution >= 0.6 is 0 Å². The Kier molecular flexibility index (Phi) is 4.36. The summed E-state index contributed by atoms with van der Waals surface area (Å²) >= 11 is 0. The van der Waals surface area contributed by atoms with Gasteiger partial charge in [0.15, 0.2) is 0 Å². The van der Waals surface area contributed by atoms with E-state index in [2.05, 4.69) is 4.74 Å². The standard InChI is InChI=1S/C8H13F3N2O/c1-6(3-7(2,13)4-12)14-5-8(9,10)11/h6H,3,5,13H2,1-2H3. The minimum atomic E-state index is -4.34. The fraction of sp³-hybridized carbons (Fsp3) is 0.875. The number of nitrogens with zero attached hydrogens (tertiary/aromatic N) is 1. The van der Waals surface area contributed by atoms with Gasteiger partial charge in [0, 0.05) is 6.42 Å². The number of nitrogens with two attached hydrogens (primary N) is 1. The van der Waals surface area contributed by atoms with Gasteiger partial charge in [-0.1, -0.05) is 0 Å². The van der Waals surface area contributed by atoms with E-state index in [4.69, 9.17) is 11.0 Å². The molecule has 2 N–H and O–H groups in total. The maximum atomic E-state index is 11.7. The van der Waals surface area contributed by atoms with Crippen molar-refractivity contribution in [3.63, 3.8) is 0 Å². The Bertz CT molecular complexity index is 220. The van der Waals surface area contributed by atoms with E-state index in [0.29, 0.717) is 0 Å². The topological polar surface area (TPSA) is 59.0 Å². The monoisotopic (exact) mass is 210 g/mol. The average molecular weight is 210 g/mol. The normalized spacial score (nSPS) is 18.4. The Labute approximate surface area is 80.6 Å². The molecule has 14 heavy (non-hydrogen) atoms. The molecular formula is C8H13F3N2O. The summed E-state index contributed by atoms with van der Waals surface area (Å²) < 4.78 is 39.6. The number of hydrogen-bond acceptors (Lipinski definition) is 3. The van der Waals surface area contributed by atoms with Crippen LogP contribution < -0.4 is 5.73 Å². The molecule has 6 heteroatoms. The Balaban J connectivity index is 3.90. The van der Waals surface area contributed by atoms with Crippen LogP contribution in [0.1, 0.15) is 20.3 Å². The van der Waals surface area contributed by atoms with E-state index in [1.54, 1.807) is 6.07 Å². The summed E-state index contributed by atoms with van der Waals surface area (Å²) in [6.07, 6.45) is -4.96. The third-order valence-corrected chi connectivity index (χ3v) is 1.50. The van der Waals surface area contributed by atoms with E-state index < -0.39 is 24.4 Å². The number of rotatable bonds is 4. The molecule has 0 amide bonds. The number of halogens is 3. The predicted octanol–water partition coefficient (Wildman–Crippen LogP) is 1.58. The molecule has 2 atom stereocenters. The van der Waals surface area contributed by atoms with Crippen LogP contribution in [0.25, 0.3) is 0 Å². The molecule has 0 aliphatic carbocycles. The van der Waals surface area contributed by atoms with Crippen molar-refractivity contribution in [3.8, 4) is 6.07 Å². The van der Waals surface area contributed by atoms with Crippen molar-refractivity contribution >= 4 is 0 Å². The van der Waals surface area contributed by atoms with E-state index in [1.807, 2.05) is 0 Å². The fourth-order valence-corrected chi connectivity index (χ4v) is 0.938. The molecule has 0 rings (SSSR count). The molecule has 2 unspecified atom stereocenters. The third kappa shape index (κ3) is 6.69. The van der Waals surface area contributed by atoms with E-state index in [1.165, 1.54) is 13.8 Å². The molecule has 0 saturated carbocycles. The average Bonchev–Trinajstić information content (AvgIpc) is 1.99. The summed E-state index contributed by atoms with van der Waals surface area (Å²) in [4.78, 5) is 0. The van der Waals surface area contributed by atoms with Crippen molar-refractivity contribution in [2.45, 2.75) is 38.1 Å². The minimum absolute atomic E-state index is 0.0690. The second kappa shape index (κ2) is 4.62. The zero-order chi connectivity index (χ0) is 11.4. The van der Waals surface area contributed by atoms with Crippen molar-refractivity contribution in [1.29, 1.82) is 5.26 Å². The highest BCUT2D eigenvalue weighted by molar-refractivity contribution is 5.01. The largest absolute Gasteiger partial charge is 0.411 e. The summed E-state index contributed by atoms with van der Waals surface area (Å²) in [5.41, 5.74) is 4.29. The summed E-state index contributed by atoms with van der Waals surface area (Å²) in [6, 6.07) is 1.79. The lowest BCUT2D eigenvalue weighted by atomic mass is 9.98. The summed E-state index contributed by atoms with van der Waals surface area (Å²) in [5, 5.41) is 8.52. The second-order valence-corrected chi connectivity index (χ2v) is 3.47. The number of ether oxygens (including phenoxy) is 1. The number of alkyl halides is 3. The minimum Gasteiger partial charge on any atom is -0.369 e. The molecule has 3 nitrogen and oxygen atoms in total. The number of nitriles is 1. The van der Waals surface area contributed by atoms with E-state index in [-0.39, 0.29) is 6.42 Å². The zero-order valence-corrected chi connectivity index (χ0v) is 8.06. The smallest absolute Gasteiger partial charge is 0.369 e. The van der Waals surface area contributed by atoms with Gasteiger partial charge in [0.2, 0.25) is 0 Å². The van der Waals surface area contributed by atoms with Crippen molar-refractivity contribution in [2.24, 2.45) is 5.73 Å². The Hall–Kier alpha value is -0.800. The first-order chi connectivity index (χ1) is 6.16. The lowest BCUT2D eigenvalue weighted by molar-refractivity contribution is -0.184. The number of hydrogen-bond donors (Lipinski definition) is 1. The second-order valence-electron chi connectivity index (χ2n) is 3.47. The molecule has 82 valence electrons. The molecule has 0 aromatic carbocycles. The summed E-state index contributed by atoms with van der Waals surface area (Å²) in [6.45, 7) is 1.59. The van der Waals surface area contributed by atoms with Crippen LogP contribution in [0, 0.1) is 11.3 Å². The first-order valence-corrected chi connectivity index (χ1v) is 4.05. The van der Waals surface area contributed by atoms with Gasteiger partial charge in [-0.3, -0.25) is 0 Å². The van der Waals surface area contributed by atoms with Gasteiger partial charge in [-0.05, 0) is 13.8 Å². The van der Waals surface area contributed by atoms with Gasteiger partial charge in [0.1, 0.15) is 12.1 Å². The maximum absolute atomic E-state index is 11.7. The van der Waals surface area contributed by atoms with Crippen LogP contribution in [0.4, 0.5) is 13.2 Å². The van der Waals surface area contributed by atoms with Crippen molar-refractivity contribution in [2.75, 3.05) is 6.61 Å². The Morgan fingerprint density at radius 2 is 2.00 bits per heavy atom. The van der Waals surface area contributed by atoms with Gasteiger partial charge >= 0.3 is 6.18 Å². The predicted molar refractivity (Wildman–Crippen MR) is 44.3 cm³/mol. The quantitative estimate of drug-likeness (QED) is 0.766. The summed E-state index contributed by atoms with van der Waals surface area (Å²) in [7, 11) is 0. The zero-order valence-electron chi connectivity index (χ0n) is 8.06. The van der Waals surface area contributed by atoms with E-state index in [9.17, 15) is 13.2 Å².